The zero-order valence-electron chi connectivity index (χ0n) is 8.57. The van der Waals surface area contributed by atoms with E-state index in [1.807, 2.05) is 55.5 Å². The van der Waals surface area contributed by atoms with E-state index in [-0.39, 0.29) is 0 Å². The molecular weight excluding hydrogens is 182 g/mol. The van der Waals surface area contributed by atoms with Crippen LogP contribution in [0.15, 0.2) is 48.5 Å². The monoisotopic (exact) mass is 193 g/mol. The highest BCUT2D eigenvalue weighted by Gasteiger charge is 2.03. The van der Waals surface area contributed by atoms with Gasteiger partial charge in [-0.15, -0.1) is 0 Å². The molecule has 1 heteroatoms. The maximum Gasteiger partial charge on any atom is 0.0998 e. The quantitative estimate of drug-likeness (QED) is 0.679. The van der Waals surface area contributed by atoms with Crippen LogP contribution in [0.25, 0.3) is 11.1 Å². The van der Waals surface area contributed by atoms with Gasteiger partial charge in [0.1, 0.15) is 0 Å². The molecule has 0 aliphatic heterocycles. The lowest BCUT2D eigenvalue weighted by atomic mass is 9.99. The van der Waals surface area contributed by atoms with Gasteiger partial charge in [0, 0.05) is 0 Å². The first kappa shape index (κ1) is 9.48. The summed E-state index contributed by atoms with van der Waals surface area (Å²) in [6.07, 6.45) is 0. The number of hydrogen-bond donors (Lipinski definition) is 0. The lowest BCUT2D eigenvalue weighted by molar-refractivity contribution is 1.42. The zero-order chi connectivity index (χ0) is 10.7. The molecular formula is C14H11N. The average molecular weight is 193 g/mol. The van der Waals surface area contributed by atoms with E-state index in [9.17, 15) is 0 Å². The van der Waals surface area contributed by atoms with E-state index < -0.39 is 0 Å². The molecule has 0 fully saturated rings. The second kappa shape index (κ2) is 3.98. The smallest absolute Gasteiger partial charge is 0.0998 e. The molecule has 72 valence electrons. The van der Waals surface area contributed by atoms with Crippen molar-refractivity contribution in [2.75, 3.05) is 0 Å². The van der Waals surface area contributed by atoms with Gasteiger partial charge in [0.25, 0.3) is 0 Å². The molecule has 0 aliphatic carbocycles. The van der Waals surface area contributed by atoms with Gasteiger partial charge in [-0.2, -0.15) is 5.26 Å². The highest BCUT2D eigenvalue weighted by atomic mass is 14.2. The summed E-state index contributed by atoms with van der Waals surface area (Å²) in [7, 11) is 0. The van der Waals surface area contributed by atoms with E-state index >= 15 is 0 Å². The van der Waals surface area contributed by atoms with Crippen molar-refractivity contribution in [2.24, 2.45) is 0 Å². The van der Waals surface area contributed by atoms with Gasteiger partial charge >= 0.3 is 0 Å². The molecule has 0 aromatic heterocycles. The molecule has 15 heavy (non-hydrogen) atoms. The molecule has 1 nitrogen and oxygen atoms in total. The first-order valence-electron chi connectivity index (χ1n) is 4.87. The maximum absolute atomic E-state index is 9.05. The lowest BCUT2D eigenvalue weighted by Crippen LogP contribution is -1.85. The van der Waals surface area contributed by atoms with Crippen molar-refractivity contribution < 1.29 is 0 Å². The number of benzene rings is 2. The molecule has 0 saturated carbocycles. The van der Waals surface area contributed by atoms with Crippen LogP contribution in [0.4, 0.5) is 0 Å². The van der Waals surface area contributed by atoms with Crippen molar-refractivity contribution in [3.63, 3.8) is 0 Å². The molecule has 0 heterocycles. The molecule has 0 aliphatic rings. The highest BCUT2D eigenvalue weighted by molar-refractivity contribution is 5.70. The van der Waals surface area contributed by atoms with Crippen LogP contribution < -0.4 is 0 Å². The minimum Gasteiger partial charge on any atom is -0.192 e. The standard InChI is InChI=1S/C14H11N/c1-11-7-8-14(13(9-11)10-15)12-5-3-2-4-6-12/h2-9H,1H3. The molecule has 2 aromatic carbocycles. The van der Waals surface area contributed by atoms with Crippen LogP contribution in [0.1, 0.15) is 11.1 Å². The first-order chi connectivity index (χ1) is 7.31. The fraction of sp³-hybridized carbons (Fsp3) is 0.0714. The van der Waals surface area contributed by atoms with Crippen LogP contribution in [-0.2, 0) is 0 Å². The summed E-state index contributed by atoms with van der Waals surface area (Å²) < 4.78 is 0. The van der Waals surface area contributed by atoms with Crippen LogP contribution in [0.5, 0.6) is 0 Å². The van der Waals surface area contributed by atoms with E-state index in [1.165, 1.54) is 0 Å². The van der Waals surface area contributed by atoms with E-state index in [0.717, 1.165) is 22.3 Å². The van der Waals surface area contributed by atoms with Crippen LogP contribution in [-0.4, -0.2) is 0 Å². The normalized spacial score (nSPS) is 9.60. The predicted octanol–water partition coefficient (Wildman–Crippen LogP) is 3.53. The fourth-order valence-corrected chi connectivity index (χ4v) is 1.62. The number of nitriles is 1. The summed E-state index contributed by atoms with van der Waals surface area (Å²) in [6.45, 7) is 2.00. The maximum atomic E-state index is 9.05. The van der Waals surface area contributed by atoms with E-state index in [0.29, 0.717) is 0 Å². The van der Waals surface area contributed by atoms with Crippen LogP contribution in [0, 0.1) is 18.3 Å². The van der Waals surface area contributed by atoms with Gasteiger partial charge in [-0.25, -0.2) is 0 Å². The molecule has 0 atom stereocenters. The Morgan fingerprint density at radius 2 is 1.73 bits per heavy atom. The lowest BCUT2D eigenvalue weighted by Gasteiger charge is -2.04. The molecule has 2 aromatic rings. The summed E-state index contributed by atoms with van der Waals surface area (Å²) in [5.41, 5.74) is 3.95. The molecule has 2 rings (SSSR count). The average Bonchev–Trinajstić information content (AvgIpc) is 2.30. The molecule has 0 N–H and O–H groups in total. The van der Waals surface area contributed by atoms with Crippen molar-refractivity contribution in [3.8, 4) is 17.2 Å². The second-order valence-corrected chi connectivity index (χ2v) is 3.53. The van der Waals surface area contributed by atoms with Crippen molar-refractivity contribution in [2.45, 2.75) is 6.92 Å². The largest absolute Gasteiger partial charge is 0.192 e. The van der Waals surface area contributed by atoms with Crippen molar-refractivity contribution in [1.29, 1.82) is 5.26 Å². The van der Waals surface area contributed by atoms with Gasteiger partial charge in [0.05, 0.1) is 11.6 Å². The van der Waals surface area contributed by atoms with Crippen LogP contribution >= 0.6 is 0 Å². The molecule has 0 saturated heterocycles. The third-order valence-electron chi connectivity index (χ3n) is 2.38. The Balaban J connectivity index is 2.60. The Labute approximate surface area is 89.6 Å². The van der Waals surface area contributed by atoms with Crippen molar-refractivity contribution >= 4 is 0 Å². The van der Waals surface area contributed by atoms with Gasteiger partial charge < -0.3 is 0 Å². The predicted molar refractivity (Wildman–Crippen MR) is 61.3 cm³/mol. The summed E-state index contributed by atoms with van der Waals surface area (Å²) >= 11 is 0. The minimum atomic E-state index is 0.737. The Morgan fingerprint density at radius 1 is 1.00 bits per heavy atom. The van der Waals surface area contributed by atoms with E-state index in [2.05, 4.69) is 6.07 Å². The summed E-state index contributed by atoms with van der Waals surface area (Å²) in [5, 5.41) is 9.05. The molecule has 0 radical (unpaired) electrons. The SMILES string of the molecule is Cc1ccc(-c2ccccc2)c(C#N)c1. The molecule has 0 spiro atoms. The summed E-state index contributed by atoms with van der Waals surface area (Å²) in [6, 6.07) is 18.2. The number of nitrogens with zero attached hydrogens (tertiary/aromatic N) is 1. The van der Waals surface area contributed by atoms with Crippen molar-refractivity contribution in [3.05, 3.63) is 59.7 Å². The Kier molecular flexibility index (Phi) is 2.51. The summed E-state index contributed by atoms with van der Waals surface area (Å²) in [4.78, 5) is 0. The molecule has 0 bridgehead atoms. The van der Waals surface area contributed by atoms with E-state index in [4.69, 9.17) is 5.26 Å². The third kappa shape index (κ3) is 1.89. The Bertz CT molecular complexity index is 507. The number of rotatable bonds is 1. The van der Waals surface area contributed by atoms with Gasteiger partial charge in [0.2, 0.25) is 0 Å². The fourth-order valence-electron chi connectivity index (χ4n) is 1.62. The Morgan fingerprint density at radius 3 is 2.40 bits per heavy atom. The van der Waals surface area contributed by atoms with Gasteiger partial charge in [0.15, 0.2) is 0 Å². The van der Waals surface area contributed by atoms with E-state index in [1.54, 1.807) is 0 Å². The third-order valence-corrected chi connectivity index (χ3v) is 2.38. The topological polar surface area (TPSA) is 23.8 Å². The minimum absolute atomic E-state index is 0.737. The zero-order valence-corrected chi connectivity index (χ0v) is 8.57. The highest BCUT2D eigenvalue weighted by Crippen LogP contribution is 2.23. The van der Waals surface area contributed by atoms with Gasteiger partial charge in [-0.3, -0.25) is 0 Å². The Hall–Kier alpha value is -2.07. The van der Waals surface area contributed by atoms with Crippen LogP contribution in [0.3, 0.4) is 0 Å². The first-order valence-corrected chi connectivity index (χ1v) is 4.87. The summed E-state index contributed by atoms with van der Waals surface area (Å²) in [5.74, 6) is 0. The van der Waals surface area contributed by atoms with Gasteiger partial charge in [-0.1, -0.05) is 42.5 Å². The van der Waals surface area contributed by atoms with Crippen LogP contribution in [0.2, 0.25) is 0 Å². The number of aryl methyl sites for hydroxylation is 1. The molecule has 0 amide bonds. The van der Waals surface area contributed by atoms with Gasteiger partial charge in [-0.05, 0) is 29.7 Å². The molecule has 0 unspecified atom stereocenters. The second-order valence-electron chi connectivity index (χ2n) is 3.53. The number of hydrogen-bond acceptors (Lipinski definition) is 1. The van der Waals surface area contributed by atoms with Crippen molar-refractivity contribution in [1.82, 2.24) is 0 Å².